The average molecular weight is 312 g/mol. The summed E-state index contributed by atoms with van der Waals surface area (Å²) in [5, 5.41) is 0. The van der Waals surface area contributed by atoms with Crippen LogP contribution in [0.25, 0.3) is 0 Å². The van der Waals surface area contributed by atoms with E-state index in [0.29, 0.717) is 16.6 Å². The molecule has 2 aliphatic heterocycles. The standard InChI is InChI=1S/C18H37NOSi/c1-14(2)21(15(3)4,16(5)6)20-13-17-9-7-11-19-12-8-10-18(17)19/h14-18H,7-13H2,1-6H3/t17-,18-/m0/s1. The lowest BCUT2D eigenvalue weighted by molar-refractivity contribution is 0.0867. The molecule has 21 heavy (non-hydrogen) atoms. The third kappa shape index (κ3) is 3.40. The molecule has 2 fully saturated rings. The van der Waals surface area contributed by atoms with Crippen molar-refractivity contribution in [3.63, 3.8) is 0 Å². The van der Waals surface area contributed by atoms with Crippen molar-refractivity contribution in [3.8, 4) is 0 Å². The van der Waals surface area contributed by atoms with Gasteiger partial charge in [-0.3, -0.25) is 0 Å². The Balaban J connectivity index is 2.04. The summed E-state index contributed by atoms with van der Waals surface area (Å²) in [5.41, 5.74) is 2.13. The first-order chi connectivity index (χ1) is 9.89. The smallest absolute Gasteiger partial charge is 0.200 e. The molecule has 2 aliphatic rings. The second kappa shape index (κ2) is 7.14. The van der Waals surface area contributed by atoms with Gasteiger partial charge in [0.15, 0.2) is 8.32 Å². The Morgan fingerprint density at radius 1 is 0.905 bits per heavy atom. The van der Waals surface area contributed by atoms with Crippen LogP contribution in [-0.4, -0.2) is 39.0 Å². The van der Waals surface area contributed by atoms with Crippen LogP contribution in [0.3, 0.4) is 0 Å². The van der Waals surface area contributed by atoms with Crippen LogP contribution >= 0.6 is 0 Å². The van der Waals surface area contributed by atoms with Crippen LogP contribution in [0.1, 0.15) is 67.2 Å². The molecular formula is C18H37NOSi. The Labute approximate surface area is 133 Å². The van der Waals surface area contributed by atoms with Crippen molar-refractivity contribution in [2.24, 2.45) is 5.92 Å². The summed E-state index contributed by atoms with van der Waals surface area (Å²) in [6, 6.07) is 0.830. The van der Waals surface area contributed by atoms with E-state index in [9.17, 15) is 0 Å². The summed E-state index contributed by atoms with van der Waals surface area (Å²) in [7, 11) is -1.67. The van der Waals surface area contributed by atoms with Gasteiger partial charge in [-0.15, -0.1) is 0 Å². The summed E-state index contributed by atoms with van der Waals surface area (Å²) in [5.74, 6) is 0.796. The first kappa shape index (κ1) is 17.5. The minimum absolute atomic E-state index is 0.709. The maximum Gasteiger partial charge on any atom is 0.200 e. The van der Waals surface area contributed by atoms with E-state index < -0.39 is 8.32 Å². The van der Waals surface area contributed by atoms with Crippen molar-refractivity contribution in [1.82, 2.24) is 4.90 Å². The van der Waals surface area contributed by atoms with E-state index in [-0.39, 0.29) is 0 Å². The number of fused-ring (bicyclic) bond motifs is 1. The van der Waals surface area contributed by atoms with Crippen LogP contribution < -0.4 is 0 Å². The number of hydrogen-bond donors (Lipinski definition) is 0. The van der Waals surface area contributed by atoms with E-state index in [0.717, 1.165) is 18.6 Å². The molecule has 2 atom stereocenters. The predicted molar refractivity (Wildman–Crippen MR) is 94.3 cm³/mol. The molecule has 0 aliphatic carbocycles. The fraction of sp³-hybridized carbons (Fsp3) is 1.00. The van der Waals surface area contributed by atoms with Crippen LogP contribution in [0.5, 0.6) is 0 Å². The molecule has 0 bridgehead atoms. The van der Waals surface area contributed by atoms with Crippen molar-refractivity contribution in [1.29, 1.82) is 0 Å². The zero-order valence-electron chi connectivity index (χ0n) is 15.2. The predicted octanol–water partition coefficient (Wildman–Crippen LogP) is 5.05. The molecule has 2 nitrogen and oxygen atoms in total. The van der Waals surface area contributed by atoms with Gasteiger partial charge >= 0.3 is 0 Å². The molecule has 2 rings (SSSR count). The molecule has 0 amide bonds. The second-order valence-electron chi connectivity index (χ2n) is 8.28. The van der Waals surface area contributed by atoms with Crippen LogP contribution in [-0.2, 0) is 4.43 Å². The van der Waals surface area contributed by atoms with E-state index in [1.165, 1.54) is 38.8 Å². The molecule has 2 heterocycles. The number of nitrogens with zero attached hydrogens (tertiary/aromatic N) is 1. The van der Waals surface area contributed by atoms with Crippen molar-refractivity contribution >= 4 is 8.32 Å². The topological polar surface area (TPSA) is 12.5 Å². The lowest BCUT2D eigenvalue weighted by atomic mass is 9.90. The lowest BCUT2D eigenvalue weighted by Crippen LogP contribution is -2.50. The van der Waals surface area contributed by atoms with Gasteiger partial charge in [0.05, 0.1) is 0 Å². The van der Waals surface area contributed by atoms with Gasteiger partial charge in [-0.1, -0.05) is 41.5 Å². The highest BCUT2D eigenvalue weighted by Gasteiger charge is 2.46. The van der Waals surface area contributed by atoms with Gasteiger partial charge in [0, 0.05) is 12.6 Å². The van der Waals surface area contributed by atoms with E-state index in [4.69, 9.17) is 4.43 Å². The molecule has 124 valence electrons. The zero-order valence-corrected chi connectivity index (χ0v) is 16.2. The third-order valence-corrected chi connectivity index (χ3v) is 12.3. The fourth-order valence-corrected chi connectivity index (χ4v) is 10.9. The monoisotopic (exact) mass is 311 g/mol. The normalized spacial score (nSPS) is 27.9. The molecule has 0 saturated carbocycles. The van der Waals surface area contributed by atoms with Crippen molar-refractivity contribution in [2.45, 2.75) is 89.9 Å². The van der Waals surface area contributed by atoms with Gasteiger partial charge in [-0.2, -0.15) is 0 Å². The summed E-state index contributed by atoms with van der Waals surface area (Å²) >= 11 is 0. The van der Waals surface area contributed by atoms with E-state index in [1.807, 2.05) is 0 Å². The highest BCUT2D eigenvalue weighted by atomic mass is 28.4. The summed E-state index contributed by atoms with van der Waals surface area (Å²) in [6.07, 6.45) is 5.58. The second-order valence-corrected chi connectivity index (χ2v) is 13.7. The van der Waals surface area contributed by atoms with Crippen LogP contribution in [0.15, 0.2) is 0 Å². The maximum absolute atomic E-state index is 6.87. The van der Waals surface area contributed by atoms with Gasteiger partial charge in [0.2, 0.25) is 0 Å². The molecule has 0 radical (unpaired) electrons. The van der Waals surface area contributed by atoms with Gasteiger partial charge in [0.25, 0.3) is 0 Å². The third-order valence-electron chi connectivity index (χ3n) is 6.23. The quantitative estimate of drug-likeness (QED) is 0.636. The van der Waals surface area contributed by atoms with Crippen molar-refractivity contribution in [3.05, 3.63) is 0 Å². The Kier molecular flexibility index (Phi) is 5.95. The first-order valence-electron chi connectivity index (χ1n) is 9.27. The molecule has 0 aromatic carbocycles. The maximum atomic E-state index is 6.87. The lowest BCUT2D eigenvalue weighted by Gasteiger charge is -2.45. The Morgan fingerprint density at radius 3 is 1.95 bits per heavy atom. The molecule has 0 aromatic heterocycles. The van der Waals surface area contributed by atoms with Crippen LogP contribution in [0.4, 0.5) is 0 Å². The van der Waals surface area contributed by atoms with Crippen LogP contribution in [0.2, 0.25) is 16.6 Å². The van der Waals surface area contributed by atoms with E-state index in [2.05, 4.69) is 46.4 Å². The van der Waals surface area contributed by atoms with Gasteiger partial charge in [-0.25, -0.2) is 0 Å². The number of piperidine rings is 1. The van der Waals surface area contributed by atoms with Gasteiger partial charge in [0.1, 0.15) is 0 Å². The van der Waals surface area contributed by atoms with E-state index >= 15 is 0 Å². The Bertz CT molecular complexity index is 307. The minimum Gasteiger partial charge on any atom is -0.416 e. The number of hydrogen-bond acceptors (Lipinski definition) is 2. The minimum atomic E-state index is -1.67. The Hall–Kier alpha value is 0.137. The summed E-state index contributed by atoms with van der Waals surface area (Å²) in [6.45, 7) is 18.1. The highest BCUT2D eigenvalue weighted by molar-refractivity contribution is 6.77. The number of rotatable bonds is 6. The SMILES string of the molecule is CC(C)[Si](OC[C@@H]1CCCN2CCC[C@@H]12)(C(C)C)C(C)C. The van der Waals surface area contributed by atoms with Crippen molar-refractivity contribution in [2.75, 3.05) is 19.7 Å². The average Bonchev–Trinajstić information content (AvgIpc) is 2.87. The molecule has 0 spiro atoms. The van der Waals surface area contributed by atoms with Crippen molar-refractivity contribution < 1.29 is 4.43 Å². The summed E-state index contributed by atoms with van der Waals surface area (Å²) < 4.78 is 6.87. The Morgan fingerprint density at radius 2 is 1.43 bits per heavy atom. The largest absolute Gasteiger partial charge is 0.416 e. The van der Waals surface area contributed by atoms with Crippen LogP contribution in [0, 0.1) is 5.92 Å². The first-order valence-corrected chi connectivity index (χ1v) is 11.4. The molecule has 0 aromatic rings. The molecule has 2 saturated heterocycles. The van der Waals surface area contributed by atoms with E-state index in [1.54, 1.807) is 0 Å². The highest BCUT2D eigenvalue weighted by Crippen LogP contribution is 2.43. The zero-order chi connectivity index (χ0) is 15.6. The summed E-state index contributed by atoms with van der Waals surface area (Å²) in [4.78, 5) is 2.74. The van der Waals surface area contributed by atoms with Gasteiger partial charge in [-0.05, 0) is 61.3 Å². The molecule has 0 N–H and O–H groups in total. The molecule has 3 heteroatoms. The molecular weight excluding hydrogens is 274 g/mol. The molecule has 0 unspecified atom stereocenters. The fourth-order valence-electron chi connectivity index (χ4n) is 5.36. The van der Waals surface area contributed by atoms with Gasteiger partial charge < -0.3 is 9.33 Å².